The summed E-state index contributed by atoms with van der Waals surface area (Å²) in [6.07, 6.45) is 0. The van der Waals surface area contributed by atoms with E-state index in [1.165, 1.54) is 22.8 Å². The Hall–Kier alpha value is -1.26. The molecule has 0 aliphatic carbocycles. The van der Waals surface area contributed by atoms with Crippen LogP contribution in [0.5, 0.6) is 5.75 Å². The van der Waals surface area contributed by atoms with Gasteiger partial charge in [0.15, 0.2) is 0 Å². The Balaban J connectivity index is 1.64. The van der Waals surface area contributed by atoms with E-state index in [1.54, 1.807) is 7.11 Å². The maximum atomic E-state index is 5.30. The minimum Gasteiger partial charge on any atom is -0.497 e. The van der Waals surface area contributed by atoms with E-state index in [4.69, 9.17) is 4.74 Å². The van der Waals surface area contributed by atoms with Crippen molar-refractivity contribution in [3.63, 3.8) is 0 Å². The molecule has 2 nitrogen and oxygen atoms in total. The summed E-state index contributed by atoms with van der Waals surface area (Å²) in [5.41, 5.74) is 2.79. The fraction of sp³-hybridized carbons (Fsp3) is 0.368. The minimum absolute atomic E-state index is 0.576. The lowest BCUT2D eigenvalue weighted by Crippen LogP contribution is -2.34. The van der Waals surface area contributed by atoms with Crippen molar-refractivity contribution in [1.29, 1.82) is 0 Å². The summed E-state index contributed by atoms with van der Waals surface area (Å²) in [5, 5.41) is 1.26. The van der Waals surface area contributed by atoms with Gasteiger partial charge in [0, 0.05) is 34.9 Å². The number of anilines is 1. The van der Waals surface area contributed by atoms with Crippen LogP contribution in [0.3, 0.4) is 0 Å². The molecule has 2 heterocycles. The number of thioether (sulfide) groups is 2. The van der Waals surface area contributed by atoms with Gasteiger partial charge < -0.3 is 9.64 Å². The van der Waals surface area contributed by atoms with E-state index in [0.29, 0.717) is 16.5 Å². The molecule has 2 aliphatic heterocycles. The maximum Gasteiger partial charge on any atom is 0.119 e. The Bertz CT molecular complexity index is 646. The molecule has 2 aromatic carbocycles. The second kappa shape index (κ2) is 6.70. The van der Waals surface area contributed by atoms with Crippen molar-refractivity contribution in [3.05, 3.63) is 60.2 Å². The van der Waals surface area contributed by atoms with E-state index in [1.807, 2.05) is 0 Å². The van der Waals surface area contributed by atoms with Crippen LogP contribution in [0, 0.1) is 0 Å². The van der Waals surface area contributed by atoms with Crippen molar-refractivity contribution in [2.24, 2.45) is 0 Å². The highest BCUT2D eigenvalue weighted by molar-refractivity contribution is 8.07. The molecule has 0 saturated carbocycles. The van der Waals surface area contributed by atoms with Crippen LogP contribution in [0.4, 0.5) is 5.69 Å². The Kier molecular flexibility index (Phi) is 4.45. The number of nitrogens with zero attached hydrogens (tertiary/aromatic N) is 1. The lowest BCUT2D eigenvalue weighted by molar-refractivity contribution is 0.415. The third-order valence-electron chi connectivity index (χ3n) is 4.69. The van der Waals surface area contributed by atoms with E-state index in [2.05, 4.69) is 83.0 Å². The Morgan fingerprint density at radius 3 is 2.43 bits per heavy atom. The van der Waals surface area contributed by atoms with Crippen LogP contribution in [0.1, 0.15) is 11.5 Å². The van der Waals surface area contributed by atoms with Crippen LogP contribution < -0.4 is 9.64 Å². The van der Waals surface area contributed by atoms with Crippen molar-refractivity contribution in [3.8, 4) is 5.75 Å². The monoisotopic (exact) mass is 343 g/mol. The highest BCUT2D eigenvalue weighted by Gasteiger charge is 2.44. The molecule has 2 fully saturated rings. The van der Waals surface area contributed by atoms with Gasteiger partial charge in [-0.25, -0.2) is 0 Å². The smallest absolute Gasteiger partial charge is 0.119 e. The van der Waals surface area contributed by atoms with Gasteiger partial charge in [0.25, 0.3) is 0 Å². The van der Waals surface area contributed by atoms with Gasteiger partial charge in [-0.05, 0) is 29.8 Å². The second-order valence-corrected chi connectivity index (χ2v) is 8.47. The third kappa shape index (κ3) is 2.94. The summed E-state index contributed by atoms with van der Waals surface area (Å²) in [6, 6.07) is 19.6. The largest absolute Gasteiger partial charge is 0.497 e. The molecular formula is C19H21NOS2. The molecule has 4 heteroatoms. The van der Waals surface area contributed by atoms with Gasteiger partial charge in [-0.3, -0.25) is 0 Å². The zero-order valence-corrected chi connectivity index (χ0v) is 14.9. The highest BCUT2D eigenvalue weighted by Crippen LogP contribution is 2.48. The SMILES string of the molecule is COc1ccc(N2C[C@H](c3ccccc3)[C@H]3SCCS[C@H]32)cc1. The maximum absolute atomic E-state index is 5.30. The molecule has 0 aromatic heterocycles. The molecule has 23 heavy (non-hydrogen) atoms. The van der Waals surface area contributed by atoms with E-state index in [9.17, 15) is 0 Å². The average molecular weight is 344 g/mol. The topological polar surface area (TPSA) is 12.5 Å². The van der Waals surface area contributed by atoms with Gasteiger partial charge in [0.2, 0.25) is 0 Å². The fourth-order valence-corrected chi connectivity index (χ4v) is 6.86. The zero-order valence-electron chi connectivity index (χ0n) is 13.2. The Morgan fingerprint density at radius 2 is 1.70 bits per heavy atom. The molecule has 0 bridgehead atoms. The van der Waals surface area contributed by atoms with Gasteiger partial charge in [0.1, 0.15) is 5.75 Å². The third-order valence-corrected chi connectivity index (χ3v) is 7.86. The van der Waals surface area contributed by atoms with Crippen LogP contribution >= 0.6 is 23.5 Å². The van der Waals surface area contributed by atoms with Gasteiger partial charge in [-0.1, -0.05) is 30.3 Å². The first-order chi connectivity index (χ1) is 11.4. The van der Waals surface area contributed by atoms with E-state index >= 15 is 0 Å². The lowest BCUT2D eigenvalue weighted by Gasteiger charge is -2.32. The fourth-order valence-electron chi connectivity index (χ4n) is 3.55. The van der Waals surface area contributed by atoms with Crippen molar-refractivity contribution in [1.82, 2.24) is 0 Å². The lowest BCUT2D eigenvalue weighted by atomic mass is 9.98. The van der Waals surface area contributed by atoms with Crippen molar-refractivity contribution >= 4 is 29.2 Å². The first kappa shape index (κ1) is 15.3. The number of hydrogen-bond acceptors (Lipinski definition) is 4. The average Bonchev–Trinajstić information content (AvgIpc) is 3.02. The number of ether oxygens (including phenoxy) is 1. The van der Waals surface area contributed by atoms with Gasteiger partial charge in [-0.2, -0.15) is 11.8 Å². The number of fused-ring (bicyclic) bond motifs is 1. The molecule has 2 aromatic rings. The number of hydrogen-bond donors (Lipinski definition) is 0. The molecule has 2 aliphatic rings. The van der Waals surface area contributed by atoms with Crippen LogP contribution in [0.2, 0.25) is 0 Å². The van der Waals surface area contributed by atoms with Crippen LogP contribution in [-0.4, -0.2) is 35.8 Å². The summed E-state index contributed by atoms with van der Waals surface area (Å²) in [5.74, 6) is 4.06. The number of methoxy groups -OCH3 is 1. The van der Waals surface area contributed by atoms with Crippen LogP contribution in [0.25, 0.3) is 0 Å². The van der Waals surface area contributed by atoms with Gasteiger partial charge in [0.05, 0.1) is 12.5 Å². The predicted octanol–water partition coefficient (Wildman–Crippen LogP) is 4.47. The molecule has 0 unspecified atom stereocenters. The Morgan fingerprint density at radius 1 is 0.957 bits per heavy atom. The van der Waals surface area contributed by atoms with Crippen molar-refractivity contribution in [2.75, 3.05) is 30.1 Å². The van der Waals surface area contributed by atoms with Crippen molar-refractivity contribution < 1.29 is 4.74 Å². The molecule has 2 saturated heterocycles. The minimum atomic E-state index is 0.576. The summed E-state index contributed by atoms with van der Waals surface area (Å²) in [4.78, 5) is 2.60. The first-order valence-electron chi connectivity index (χ1n) is 8.05. The standard InChI is InChI=1S/C19H21NOS2/c1-21-16-9-7-15(8-10-16)20-13-17(14-5-3-2-4-6-14)18-19(20)23-12-11-22-18/h2-10,17-19H,11-13H2,1H3/t17-,18-,19-/m1/s1. The predicted molar refractivity (Wildman–Crippen MR) is 102 cm³/mol. The van der Waals surface area contributed by atoms with Crippen LogP contribution in [0.15, 0.2) is 54.6 Å². The zero-order chi connectivity index (χ0) is 15.6. The summed E-state index contributed by atoms with van der Waals surface area (Å²) in [7, 11) is 1.72. The normalized spacial score (nSPS) is 26.8. The first-order valence-corrected chi connectivity index (χ1v) is 10.2. The molecule has 4 rings (SSSR count). The molecule has 0 spiro atoms. The molecule has 3 atom stereocenters. The molecule has 120 valence electrons. The number of benzene rings is 2. The van der Waals surface area contributed by atoms with E-state index in [-0.39, 0.29) is 0 Å². The molecule has 0 radical (unpaired) electrons. The summed E-state index contributed by atoms with van der Waals surface area (Å²) in [6.45, 7) is 1.10. The quantitative estimate of drug-likeness (QED) is 0.814. The van der Waals surface area contributed by atoms with Crippen molar-refractivity contribution in [2.45, 2.75) is 16.5 Å². The van der Waals surface area contributed by atoms with Gasteiger partial charge in [-0.15, -0.1) is 11.8 Å². The van der Waals surface area contributed by atoms with Gasteiger partial charge >= 0.3 is 0 Å². The van der Waals surface area contributed by atoms with E-state index < -0.39 is 0 Å². The van der Waals surface area contributed by atoms with E-state index in [0.717, 1.165) is 12.3 Å². The molecular weight excluding hydrogens is 322 g/mol. The Labute approximate surface area is 146 Å². The molecule has 0 N–H and O–H groups in total. The summed E-state index contributed by atoms with van der Waals surface area (Å²) >= 11 is 4.27. The summed E-state index contributed by atoms with van der Waals surface area (Å²) < 4.78 is 5.30. The molecule has 0 amide bonds. The van der Waals surface area contributed by atoms with Crippen LogP contribution in [-0.2, 0) is 0 Å². The highest BCUT2D eigenvalue weighted by atomic mass is 32.2. The second-order valence-electron chi connectivity index (χ2n) is 5.96. The number of rotatable bonds is 3.